The van der Waals surface area contributed by atoms with E-state index in [1.807, 2.05) is 0 Å². The Labute approximate surface area is 235 Å². The molecule has 0 saturated heterocycles. The lowest BCUT2D eigenvalue weighted by molar-refractivity contribution is -0.126. The summed E-state index contributed by atoms with van der Waals surface area (Å²) in [7, 11) is 1.50. The molecule has 7 nitrogen and oxygen atoms in total. The van der Waals surface area contributed by atoms with Gasteiger partial charge in [-0.1, -0.05) is 52.5 Å². The van der Waals surface area contributed by atoms with E-state index in [-0.39, 0.29) is 11.6 Å². The van der Waals surface area contributed by atoms with Crippen molar-refractivity contribution in [1.82, 2.24) is 5.43 Å². The number of rotatable bonds is 9. The highest BCUT2D eigenvalue weighted by Gasteiger charge is 2.13. The van der Waals surface area contributed by atoms with Gasteiger partial charge >= 0.3 is 0 Å². The van der Waals surface area contributed by atoms with E-state index in [1.54, 1.807) is 42.5 Å². The fourth-order valence-electron chi connectivity index (χ4n) is 2.89. The summed E-state index contributed by atoms with van der Waals surface area (Å²) in [6.45, 7) is 0.193. The van der Waals surface area contributed by atoms with Crippen LogP contribution in [-0.2, 0) is 16.2 Å². The summed E-state index contributed by atoms with van der Waals surface area (Å²) in [5.41, 5.74) is 4.09. The molecular weight excluding hydrogens is 616 g/mol. The summed E-state index contributed by atoms with van der Waals surface area (Å²) in [6.07, 6.45) is 0.965. The number of nitrogens with one attached hydrogen (secondary N) is 2. The van der Waals surface area contributed by atoms with Crippen LogP contribution in [0.3, 0.4) is 0 Å². The van der Waals surface area contributed by atoms with Crippen LogP contribution in [0.5, 0.6) is 11.5 Å². The second kappa shape index (κ2) is 13.2. The van der Waals surface area contributed by atoms with Gasteiger partial charge < -0.3 is 14.8 Å². The van der Waals surface area contributed by atoms with Crippen molar-refractivity contribution >= 4 is 86.1 Å². The number of hydrogen-bond acceptors (Lipinski definition) is 5. The molecule has 0 fully saturated rings. The van der Waals surface area contributed by atoms with Crippen molar-refractivity contribution in [2.24, 2.45) is 5.10 Å². The Bertz CT molecular complexity index is 1320. The summed E-state index contributed by atoms with van der Waals surface area (Å²) in [5, 5.41) is 8.12. The maximum atomic E-state index is 12.1. The second-order valence-corrected chi connectivity index (χ2v) is 9.72. The topological polar surface area (TPSA) is 89.0 Å². The molecule has 3 aromatic carbocycles. The van der Waals surface area contributed by atoms with E-state index in [2.05, 4.69) is 31.8 Å². The third-order valence-electron chi connectivity index (χ3n) is 4.57. The van der Waals surface area contributed by atoms with Crippen molar-refractivity contribution in [2.45, 2.75) is 13.0 Å². The quantitative estimate of drug-likeness (QED) is 0.149. The molecule has 0 saturated carbocycles. The maximum absolute atomic E-state index is 12.1. The predicted molar refractivity (Wildman–Crippen MR) is 147 cm³/mol. The highest BCUT2D eigenvalue weighted by molar-refractivity contribution is 9.10. The Hall–Kier alpha value is -2.49. The minimum Gasteiger partial charge on any atom is -0.493 e. The standard InChI is InChI=1S/C24H18BrCl4N3O4/c1-35-21-7-13(6-17(25)24(21)36-12-14-2-3-15(26)8-19(14)28)11-30-32-23(34)10-22(33)31-16-4-5-18(27)20(29)9-16/h2-9,11H,10,12H2,1H3,(H,31,33)(H,32,34). The number of hydrazone groups is 1. The van der Waals surface area contributed by atoms with Gasteiger partial charge in [-0.15, -0.1) is 0 Å². The minimum absolute atomic E-state index is 0.193. The average molecular weight is 634 g/mol. The molecule has 0 bridgehead atoms. The van der Waals surface area contributed by atoms with Gasteiger partial charge in [-0.05, 0) is 64.0 Å². The van der Waals surface area contributed by atoms with Crippen LogP contribution in [0.1, 0.15) is 17.5 Å². The number of amides is 2. The first kappa shape index (κ1) is 28.1. The summed E-state index contributed by atoms with van der Waals surface area (Å²) in [6, 6.07) is 13.1. The molecule has 0 atom stereocenters. The molecule has 0 aromatic heterocycles. The summed E-state index contributed by atoms with van der Waals surface area (Å²) >= 11 is 27.4. The van der Waals surface area contributed by atoms with Gasteiger partial charge in [0.2, 0.25) is 11.8 Å². The summed E-state index contributed by atoms with van der Waals surface area (Å²) in [5.74, 6) is -0.241. The van der Waals surface area contributed by atoms with Crippen molar-refractivity contribution in [1.29, 1.82) is 0 Å². The zero-order valence-corrected chi connectivity index (χ0v) is 23.2. The zero-order valence-electron chi connectivity index (χ0n) is 18.6. The monoisotopic (exact) mass is 631 g/mol. The number of benzene rings is 3. The van der Waals surface area contributed by atoms with Crippen LogP contribution in [-0.4, -0.2) is 25.1 Å². The summed E-state index contributed by atoms with van der Waals surface area (Å²) in [4.78, 5) is 24.1. The number of methoxy groups -OCH3 is 1. The van der Waals surface area contributed by atoms with Gasteiger partial charge in [0, 0.05) is 21.3 Å². The van der Waals surface area contributed by atoms with E-state index in [1.165, 1.54) is 19.4 Å². The first-order chi connectivity index (χ1) is 17.2. The van der Waals surface area contributed by atoms with Crippen LogP contribution < -0.4 is 20.2 Å². The molecule has 2 amide bonds. The van der Waals surface area contributed by atoms with Gasteiger partial charge in [0.05, 0.1) is 27.8 Å². The fourth-order valence-corrected chi connectivity index (χ4v) is 4.22. The Morgan fingerprint density at radius 2 is 1.75 bits per heavy atom. The van der Waals surface area contributed by atoms with E-state index in [0.29, 0.717) is 42.3 Å². The Morgan fingerprint density at radius 3 is 2.44 bits per heavy atom. The number of carbonyl (C=O) groups is 2. The normalized spacial score (nSPS) is 10.8. The number of ether oxygens (including phenoxy) is 2. The third-order valence-corrected chi connectivity index (χ3v) is 6.48. The second-order valence-electron chi connectivity index (χ2n) is 7.21. The van der Waals surface area contributed by atoms with E-state index >= 15 is 0 Å². The molecule has 36 heavy (non-hydrogen) atoms. The highest BCUT2D eigenvalue weighted by Crippen LogP contribution is 2.37. The molecule has 188 valence electrons. The number of hydrogen-bond donors (Lipinski definition) is 2. The smallest absolute Gasteiger partial charge is 0.249 e. The van der Waals surface area contributed by atoms with E-state index in [0.717, 1.165) is 5.56 Å². The first-order valence-corrected chi connectivity index (χ1v) is 12.5. The van der Waals surface area contributed by atoms with Gasteiger partial charge in [-0.3, -0.25) is 9.59 Å². The molecule has 3 aromatic rings. The molecular formula is C24H18BrCl4N3O4. The van der Waals surface area contributed by atoms with Crippen molar-refractivity contribution in [2.75, 3.05) is 12.4 Å². The van der Waals surface area contributed by atoms with E-state index < -0.39 is 18.2 Å². The fraction of sp³-hybridized carbons (Fsp3) is 0.125. The number of anilines is 1. The van der Waals surface area contributed by atoms with Gasteiger partial charge in [0.25, 0.3) is 0 Å². The molecule has 2 N–H and O–H groups in total. The van der Waals surface area contributed by atoms with Crippen LogP contribution in [0, 0.1) is 0 Å². The largest absolute Gasteiger partial charge is 0.493 e. The molecule has 0 aliphatic heterocycles. The molecule has 0 radical (unpaired) electrons. The van der Waals surface area contributed by atoms with Crippen molar-refractivity contribution in [3.05, 3.63) is 84.2 Å². The molecule has 0 heterocycles. The van der Waals surface area contributed by atoms with Gasteiger partial charge in [0.1, 0.15) is 13.0 Å². The Kier molecular flexibility index (Phi) is 10.3. The molecule has 0 unspecified atom stereocenters. The number of nitrogens with zero attached hydrogens (tertiary/aromatic N) is 1. The Balaban J connectivity index is 1.58. The van der Waals surface area contributed by atoms with E-state index in [9.17, 15) is 9.59 Å². The van der Waals surface area contributed by atoms with Crippen molar-refractivity contribution in [3.8, 4) is 11.5 Å². The molecule has 0 spiro atoms. The highest BCUT2D eigenvalue weighted by atomic mass is 79.9. The van der Waals surface area contributed by atoms with Crippen LogP contribution >= 0.6 is 62.3 Å². The maximum Gasteiger partial charge on any atom is 0.249 e. The first-order valence-electron chi connectivity index (χ1n) is 10.2. The van der Waals surface area contributed by atoms with Gasteiger partial charge in [-0.25, -0.2) is 5.43 Å². The SMILES string of the molecule is COc1cc(C=NNC(=O)CC(=O)Nc2ccc(Cl)c(Cl)c2)cc(Br)c1OCc1ccc(Cl)cc1Cl. The molecule has 3 rings (SSSR count). The lowest BCUT2D eigenvalue weighted by atomic mass is 10.2. The van der Waals surface area contributed by atoms with Crippen LogP contribution in [0.15, 0.2) is 58.1 Å². The van der Waals surface area contributed by atoms with Crippen molar-refractivity contribution in [3.63, 3.8) is 0 Å². The predicted octanol–water partition coefficient (Wildman–Crippen LogP) is 7.13. The lowest BCUT2D eigenvalue weighted by Gasteiger charge is -2.14. The summed E-state index contributed by atoms with van der Waals surface area (Å²) < 4.78 is 11.9. The molecule has 0 aliphatic rings. The minimum atomic E-state index is -0.602. The van der Waals surface area contributed by atoms with Gasteiger partial charge in [-0.2, -0.15) is 5.10 Å². The molecule has 12 heteroatoms. The lowest BCUT2D eigenvalue weighted by Crippen LogP contribution is -2.24. The van der Waals surface area contributed by atoms with Crippen molar-refractivity contribution < 1.29 is 19.1 Å². The zero-order chi connectivity index (χ0) is 26.2. The van der Waals surface area contributed by atoms with Crippen LogP contribution in [0.4, 0.5) is 5.69 Å². The Morgan fingerprint density at radius 1 is 0.972 bits per heavy atom. The average Bonchev–Trinajstić information content (AvgIpc) is 2.81. The van der Waals surface area contributed by atoms with Gasteiger partial charge in [0.15, 0.2) is 11.5 Å². The van der Waals surface area contributed by atoms with E-state index in [4.69, 9.17) is 55.9 Å². The number of halogens is 5. The third kappa shape index (κ3) is 8.01. The molecule has 0 aliphatic carbocycles. The van der Waals surface area contributed by atoms with Crippen LogP contribution in [0.25, 0.3) is 0 Å². The van der Waals surface area contributed by atoms with Crippen LogP contribution in [0.2, 0.25) is 20.1 Å². The number of carbonyl (C=O) groups excluding carboxylic acids is 2.